The summed E-state index contributed by atoms with van der Waals surface area (Å²) in [6, 6.07) is 16.2. The Hall–Kier alpha value is -3.33. The molecule has 4 rings (SSSR count). The molecule has 0 N–H and O–H groups in total. The van der Waals surface area contributed by atoms with Crippen molar-refractivity contribution in [1.29, 1.82) is 0 Å². The highest BCUT2D eigenvalue weighted by Gasteiger charge is 2.14. The summed E-state index contributed by atoms with van der Waals surface area (Å²) < 4.78 is 1.66. The Morgan fingerprint density at radius 1 is 1.08 bits per heavy atom. The van der Waals surface area contributed by atoms with Gasteiger partial charge in [0.2, 0.25) is 0 Å². The second-order valence-corrected chi connectivity index (χ2v) is 6.37. The van der Waals surface area contributed by atoms with Crippen LogP contribution in [0.5, 0.6) is 0 Å². The molecule has 0 atom stereocenters. The van der Waals surface area contributed by atoms with Gasteiger partial charge in [-0.2, -0.15) is 4.68 Å². The van der Waals surface area contributed by atoms with Gasteiger partial charge in [0, 0.05) is 17.9 Å². The summed E-state index contributed by atoms with van der Waals surface area (Å²) in [5.74, 6) is 0.534. The van der Waals surface area contributed by atoms with E-state index in [-0.39, 0.29) is 5.69 Å². The number of benzene rings is 2. The Labute approximate surface area is 152 Å². The fourth-order valence-corrected chi connectivity index (χ4v) is 3.36. The second-order valence-electron chi connectivity index (χ2n) is 5.40. The second kappa shape index (κ2) is 6.89. The van der Waals surface area contributed by atoms with E-state index < -0.39 is 4.92 Å². The van der Waals surface area contributed by atoms with Gasteiger partial charge in [0.25, 0.3) is 5.69 Å². The Balaban J connectivity index is 1.63. The van der Waals surface area contributed by atoms with Crippen LogP contribution in [-0.4, -0.2) is 29.9 Å². The van der Waals surface area contributed by atoms with Gasteiger partial charge in [0.05, 0.1) is 10.6 Å². The average Bonchev–Trinajstić information content (AvgIpc) is 3.12. The van der Waals surface area contributed by atoms with E-state index in [1.807, 2.05) is 36.4 Å². The maximum atomic E-state index is 10.9. The standard InChI is InChI=1S/C17H12N6O2S/c24-23(25)14-8-4-5-12(9-14)10-26-17-15-16(18-11-19-17)22(21-20-15)13-6-2-1-3-7-13/h1-9,11H,10H2. The highest BCUT2D eigenvalue weighted by Crippen LogP contribution is 2.27. The monoisotopic (exact) mass is 364 g/mol. The summed E-state index contributed by atoms with van der Waals surface area (Å²) in [6.45, 7) is 0. The van der Waals surface area contributed by atoms with Crippen molar-refractivity contribution >= 4 is 28.6 Å². The van der Waals surface area contributed by atoms with Gasteiger partial charge in [0.1, 0.15) is 11.4 Å². The highest BCUT2D eigenvalue weighted by atomic mass is 32.2. The molecule has 0 spiro atoms. The number of non-ortho nitro benzene ring substituents is 1. The van der Waals surface area contributed by atoms with Gasteiger partial charge in [0.15, 0.2) is 11.2 Å². The lowest BCUT2D eigenvalue weighted by molar-refractivity contribution is -0.384. The third kappa shape index (κ3) is 3.11. The van der Waals surface area contributed by atoms with E-state index in [2.05, 4.69) is 20.3 Å². The lowest BCUT2D eigenvalue weighted by Crippen LogP contribution is -1.97. The molecule has 0 fully saturated rings. The van der Waals surface area contributed by atoms with Crippen LogP contribution < -0.4 is 0 Å². The summed E-state index contributed by atoms with van der Waals surface area (Å²) in [4.78, 5) is 19.1. The van der Waals surface area contributed by atoms with Gasteiger partial charge in [-0.15, -0.1) is 5.10 Å². The number of hydrogen-bond donors (Lipinski definition) is 0. The summed E-state index contributed by atoms with van der Waals surface area (Å²) >= 11 is 1.44. The number of para-hydroxylation sites is 1. The first-order valence-corrected chi connectivity index (χ1v) is 8.69. The largest absolute Gasteiger partial charge is 0.269 e. The molecule has 0 aliphatic carbocycles. The molecular weight excluding hydrogens is 352 g/mol. The Kier molecular flexibility index (Phi) is 4.28. The zero-order valence-electron chi connectivity index (χ0n) is 13.4. The average molecular weight is 364 g/mol. The molecule has 4 aromatic rings. The van der Waals surface area contributed by atoms with Crippen LogP contribution in [0, 0.1) is 10.1 Å². The molecule has 0 saturated heterocycles. The van der Waals surface area contributed by atoms with Crippen LogP contribution >= 0.6 is 11.8 Å². The van der Waals surface area contributed by atoms with Crippen molar-refractivity contribution in [2.24, 2.45) is 0 Å². The predicted octanol–water partition coefficient (Wildman–Crippen LogP) is 3.41. The van der Waals surface area contributed by atoms with Gasteiger partial charge in [-0.1, -0.05) is 47.3 Å². The lowest BCUT2D eigenvalue weighted by atomic mass is 10.2. The number of nitro groups is 1. The number of hydrogen-bond acceptors (Lipinski definition) is 7. The van der Waals surface area contributed by atoms with Crippen LogP contribution in [0.2, 0.25) is 0 Å². The summed E-state index contributed by atoms with van der Waals surface area (Å²) in [5, 5.41) is 20.0. The van der Waals surface area contributed by atoms with Crippen molar-refractivity contribution < 1.29 is 4.92 Å². The number of aromatic nitrogens is 5. The molecule has 0 aliphatic heterocycles. The molecule has 9 heteroatoms. The SMILES string of the molecule is O=[N+]([O-])c1cccc(CSc2ncnc3c2nnn3-c2ccccc2)c1. The van der Waals surface area contributed by atoms with Crippen LogP contribution in [-0.2, 0) is 5.75 Å². The minimum absolute atomic E-state index is 0.0750. The zero-order chi connectivity index (χ0) is 17.9. The number of thioether (sulfide) groups is 1. The first-order valence-electron chi connectivity index (χ1n) is 7.70. The molecule has 26 heavy (non-hydrogen) atoms. The minimum atomic E-state index is -0.400. The molecule has 8 nitrogen and oxygen atoms in total. The molecule has 0 radical (unpaired) electrons. The maximum absolute atomic E-state index is 10.9. The Bertz CT molecular complexity index is 1080. The fourth-order valence-electron chi connectivity index (χ4n) is 2.49. The predicted molar refractivity (Wildman–Crippen MR) is 97.1 cm³/mol. The normalized spacial score (nSPS) is 10.9. The molecule has 2 heterocycles. The smallest absolute Gasteiger partial charge is 0.258 e. The maximum Gasteiger partial charge on any atom is 0.269 e. The van der Waals surface area contributed by atoms with Crippen molar-refractivity contribution in [3.63, 3.8) is 0 Å². The number of fused-ring (bicyclic) bond motifs is 1. The zero-order valence-corrected chi connectivity index (χ0v) is 14.2. The van der Waals surface area contributed by atoms with Crippen molar-refractivity contribution in [2.45, 2.75) is 10.8 Å². The van der Waals surface area contributed by atoms with Gasteiger partial charge >= 0.3 is 0 Å². The lowest BCUT2D eigenvalue weighted by Gasteiger charge is -2.03. The summed E-state index contributed by atoms with van der Waals surface area (Å²) in [7, 11) is 0. The van der Waals surface area contributed by atoms with Crippen LogP contribution in [0.15, 0.2) is 66.0 Å². The van der Waals surface area contributed by atoms with E-state index in [0.717, 1.165) is 11.3 Å². The van der Waals surface area contributed by atoms with Crippen molar-refractivity contribution in [3.05, 3.63) is 76.6 Å². The molecule has 0 saturated carbocycles. The van der Waals surface area contributed by atoms with E-state index in [1.54, 1.807) is 16.8 Å². The van der Waals surface area contributed by atoms with Gasteiger partial charge in [-0.05, 0) is 17.7 Å². The Morgan fingerprint density at radius 3 is 2.73 bits per heavy atom. The van der Waals surface area contributed by atoms with E-state index >= 15 is 0 Å². The molecule has 2 aromatic carbocycles. The van der Waals surface area contributed by atoms with Crippen molar-refractivity contribution in [3.8, 4) is 5.69 Å². The molecule has 0 aliphatic rings. The van der Waals surface area contributed by atoms with Crippen LogP contribution in [0.3, 0.4) is 0 Å². The molecule has 2 aromatic heterocycles. The first-order chi connectivity index (χ1) is 12.7. The highest BCUT2D eigenvalue weighted by molar-refractivity contribution is 7.98. The van der Waals surface area contributed by atoms with E-state index in [1.165, 1.54) is 24.2 Å². The van der Waals surface area contributed by atoms with Crippen LogP contribution in [0.25, 0.3) is 16.9 Å². The Morgan fingerprint density at radius 2 is 1.92 bits per heavy atom. The molecular formula is C17H12N6O2S. The molecule has 128 valence electrons. The number of rotatable bonds is 5. The molecule has 0 amide bonds. The van der Waals surface area contributed by atoms with E-state index in [4.69, 9.17) is 0 Å². The van der Waals surface area contributed by atoms with E-state index in [0.29, 0.717) is 21.9 Å². The molecule has 0 bridgehead atoms. The van der Waals surface area contributed by atoms with Crippen LogP contribution in [0.1, 0.15) is 5.56 Å². The quantitative estimate of drug-likeness (QED) is 0.231. The third-order valence-corrected chi connectivity index (χ3v) is 4.75. The first kappa shape index (κ1) is 16.2. The fraction of sp³-hybridized carbons (Fsp3) is 0.0588. The van der Waals surface area contributed by atoms with Crippen LogP contribution in [0.4, 0.5) is 5.69 Å². The van der Waals surface area contributed by atoms with Gasteiger partial charge < -0.3 is 0 Å². The van der Waals surface area contributed by atoms with Crippen molar-refractivity contribution in [2.75, 3.05) is 0 Å². The summed E-state index contributed by atoms with van der Waals surface area (Å²) in [5.41, 5.74) is 3.00. The van der Waals surface area contributed by atoms with Gasteiger partial charge in [-0.3, -0.25) is 10.1 Å². The number of nitro benzene ring substituents is 1. The van der Waals surface area contributed by atoms with E-state index in [9.17, 15) is 10.1 Å². The molecule has 0 unspecified atom stereocenters. The van der Waals surface area contributed by atoms with Gasteiger partial charge in [-0.25, -0.2) is 9.97 Å². The minimum Gasteiger partial charge on any atom is -0.258 e. The third-order valence-electron chi connectivity index (χ3n) is 3.70. The topological polar surface area (TPSA) is 99.6 Å². The number of nitrogens with zero attached hydrogens (tertiary/aromatic N) is 6. The summed E-state index contributed by atoms with van der Waals surface area (Å²) in [6.07, 6.45) is 1.47. The van der Waals surface area contributed by atoms with Crippen molar-refractivity contribution in [1.82, 2.24) is 25.0 Å².